The SMILES string of the molecule is C=CC(=O)C1C(C)CC(C)(C)[N+]([O-])(O)C1(C)C. The summed E-state index contributed by atoms with van der Waals surface area (Å²) >= 11 is 0. The van der Waals surface area contributed by atoms with Gasteiger partial charge in [-0.15, -0.1) is 0 Å². The van der Waals surface area contributed by atoms with E-state index in [9.17, 15) is 15.2 Å². The first-order valence-electron chi connectivity index (χ1n) is 5.98. The molecule has 1 aliphatic rings. The van der Waals surface area contributed by atoms with E-state index in [0.29, 0.717) is 6.42 Å². The number of hydrogen-bond donors (Lipinski definition) is 1. The number of ketones is 1. The van der Waals surface area contributed by atoms with Crippen LogP contribution in [0, 0.1) is 17.0 Å². The van der Waals surface area contributed by atoms with Crippen LogP contribution in [0.5, 0.6) is 0 Å². The minimum Gasteiger partial charge on any atom is -0.598 e. The summed E-state index contributed by atoms with van der Waals surface area (Å²) in [5.41, 5.74) is -1.87. The molecule has 4 nitrogen and oxygen atoms in total. The van der Waals surface area contributed by atoms with Crippen LogP contribution >= 0.6 is 0 Å². The summed E-state index contributed by atoms with van der Waals surface area (Å²) in [5, 5.41) is 22.8. The molecule has 98 valence electrons. The minimum absolute atomic E-state index is 0.0536. The van der Waals surface area contributed by atoms with E-state index in [4.69, 9.17) is 0 Å². The van der Waals surface area contributed by atoms with Crippen LogP contribution in [-0.2, 0) is 4.79 Å². The highest BCUT2D eigenvalue weighted by Crippen LogP contribution is 2.49. The number of allylic oxidation sites excluding steroid dienone is 1. The average molecular weight is 241 g/mol. The van der Waals surface area contributed by atoms with Crippen LogP contribution in [0.15, 0.2) is 12.7 Å². The highest BCUT2D eigenvalue weighted by molar-refractivity contribution is 5.92. The minimum atomic E-state index is -1.38. The van der Waals surface area contributed by atoms with Gasteiger partial charge in [0.05, 0.1) is 5.92 Å². The molecular formula is C13H23NO3. The molecule has 4 heteroatoms. The normalized spacial score (nSPS) is 39.7. The van der Waals surface area contributed by atoms with Crippen molar-refractivity contribution in [3.05, 3.63) is 17.9 Å². The predicted octanol–water partition coefficient (Wildman–Crippen LogP) is 2.66. The van der Waals surface area contributed by atoms with Gasteiger partial charge in [-0.2, -0.15) is 0 Å². The molecule has 0 aromatic heterocycles. The van der Waals surface area contributed by atoms with Gasteiger partial charge in [0.2, 0.25) is 0 Å². The molecule has 3 unspecified atom stereocenters. The Kier molecular flexibility index (Phi) is 3.29. The molecule has 0 aromatic rings. The van der Waals surface area contributed by atoms with Crippen LogP contribution in [0.25, 0.3) is 0 Å². The van der Waals surface area contributed by atoms with Crippen molar-refractivity contribution >= 4 is 5.78 Å². The lowest BCUT2D eigenvalue weighted by Gasteiger charge is -2.62. The van der Waals surface area contributed by atoms with Crippen molar-refractivity contribution in [3.63, 3.8) is 0 Å². The van der Waals surface area contributed by atoms with E-state index in [2.05, 4.69) is 6.58 Å². The first kappa shape index (κ1) is 14.4. The van der Waals surface area contributed by atoms with E-state index in [1.165, 1.54) is 6.08 Å². The van der Waals surface area contributed by atoms with Gasteiger partial charge >= 0.3 is 0 Å². The summed E-state index contributed by atoms with van der Waals surface area (Å²) in [6.45, 7) is 12.2. The second-order valence-electron chi connectivity index (χ2n) is 6.31. The van der Waals surface area contributed by atoms with Gasteiger partial charge in [-0.3, -0.25) is 4.79 Å². The van der Waals surface area contributed by atoms with Gasteiger partial charge in [-0.25, -0.2) is 10.0 Å². The molecule has 1 aliphatic heterocycles. The lowest BCUT2D eigenvalue weighted by atomic mass is 9.66. The molecule has 0 aliphatic carbocycles. The zero-order valence-corrected chi connectivity index (χ0v) is 11.4. The fourth-order valence-electron chi connectivity index (χ4n) is 3.45. The molecular weight excluding hydrogens is 218 g/mol. The third kappa shape index (κ3) is 1.84. The van der Waals surface area contributed by atoms with Gasteiger partial charge in [0, 0.05) is 6.42 Å². The smallest absolute Gasteiger partial charge is 0.164 e. The van der Waals surface area contributed by atoms with Crippen LogP contribution in [0.2, 0.25) is 0 Å². The summed E-state index contributed by atoms with van der Waals surface area (Å²) in [4.78, 5) is 10.5. The summed E-state index contributed by atoms with van der Waals surface area (Å²) < 4.78 is 0. The number of piperidine rings is 1. The molecule has 0 saturated carbocycles. The van der Waals surface area contributed by atoms with E-state index in [-0.39, 0.29) is 11.7 Å². The van der Waals surface area contributed by atoms with Gasteiger partial charge in [0.25, 0.3) is 0 Å². The van der Waals surface area contributed by atoms with Gasteiger partial charge in [-0.1, -0.05) is 13.5 Å². The third-order valence-corrected chi connectivity index (χ3v) is 4.26. The number of nitrogens with zero attached hydrogens (tertiary/aromatic N) is 1. The molecule has 1 N–H and O–H groups in total. The van der Waals surface area contributed by atoms with Crippen molar-refractivity contribution < 1.29 is 14.8 Å². The van der Waals surface area contributed by atoms with Gasteiger partial charge in [0.1, 0.15) is 11.1 Å². The van der Waals surface area contributed by atoms with Crippen LogP contribution in [0.4, 0.5) is 0 Å². The molecule has 1 saturated heterocycles. The standard InChI is InChI=1S/C13H23NO3/c1-7-10(15)11-9(2)8-12(3,4)14(16,17)13(11,5)6/h7,9,11,16H,1,8H2,2-6H3. The van der Waals surface area contributed by atoms with Crippen molar-refractivity contribution in [2.45, 2.75) is 52.1 Å². The monoisotopic (exact) mass is 241 g/mol. The molecule has 0 aromatic carbocycles. The van der Waals surface area contributed by atoms with E-state index >= 15 is 0 Å². The fourth-order valence-corrected chi connectivity index (χ4v) is 3.45. The molecule has 17 heavy (non-hydrogen) atoms. The zero-order valence-electron chi connectivity index (χ0n) is 11.4. The first-order valence-corrected chi connectivity index (χ1v) is 5.98. The first-order chi connectivity index (χ1) is 7.49. The Morgan fingerprint density at radius 1 is 1.47 bits per heavy atom. The molecule has 1 rings (SSSR count). The summed E-state index contributed by atoms with van der Waals surface area (Å²) in [7, 11) is 0. The molecule has 0 bridgehead atoms. The topological polar surface area (TPSA) is 60.4 Å². The maximum absolute atomic E-state index is 12.5. The highest BCUT2D eigenvalue weighted by atomic mass is 16.8. The van der Waals surface area contributed by atoms with Crippen LogP contribution < -0.4 is 0 Å². The Balaban J connectivity index is 3.29. The number of rotatable bonds is 2. The highest BCUT2D eigenvalue weighted by Gasteiger charge is 2.60. The molecule has 3 atom stereocenters. The summed E-state index contributed by atoms with van der Waals surface area (Å²) in [6, 6.07) is 0. The van der Waals surface area contributed by atoms with Gasteiger partial charge in [-0.05, 0) is 39.7 Å². The van der Waals surface area contributed by atoms with Crippen molar-refractivity contribution in [3.8, 4) is 0 Å². The van der Waals surface area contributed by atoms with Crippen LogP contribution in [0.1, 0.15) is 41.0 Å². The Morgan fingerprint density at radius 2 is 1.94 bits per heavy atom. The van der Waals surface area contributed by atoms with E-state index in [0.717, 1.165) is 0 Å². The second-order valence-corrected chi connectivity index (χ2v) is 6.31. The maximum Gasteiger partial charge on any atom is 0.164 e. The maximum atomic E-state index is 12.5. The molecule has 0 radical (unpaired) electrons. The van der Waals surface area contributed by atoms with Gasteiger partial charge < -0.3 is 5.21 Å². The Hall–Kier alpha value is -0.710. The Morgan fingerprint density at radius 3 is 2.35 bits per heavy atom. The molecule has 1 fully saturated rings. The molecule has 0 spiro atoms. The number of quaternary nitrogens is 1. The van der Waals surface area contributed by atoms with E-state index in [1.54, 1.807) is 27.7 Å². The zero-order chi connectivity index (χ0) is 13.6. The van der Waals surface area contributed by atoms with Crippen LogP contribution in [-0.4, -0.2) is 26.9 Å². The summed E-state index contributed by atoms with van der Waals surface area (Å²) in [5.74, 6) is -0.598. The lowest BCUT2D eigenvalue weighted by molar-refractivity contribution is -1.14. The quantitative estimate of drug-likeness (QED) is 0.459. The second kappa shape index (κ2) is 3.90. The van der Waals surface area contributed by atoms with Crippen molar-refractivity contribution in [1.29, 1.82) is 0 Å². The lowest BCUT2D eigenvalue weighted by Crippen LogP contribution is -2.73. The predicted molar refractivity (Wildman–Crippen MR) is 66.0 cm³/mol. The van der Waals surface area contributed by atoms with Gasteiger partial charge in [0.15, 0.2) is 5.78 Å². The van der Waals surface area contributed by atoms with Crippen LogP contribution in [0.3, 0.4) is 0 Å². The average Bonchev–Trinajstić information content (AvgIpc) is 2.14. The van der Waals surface area contributed by atoms with Crippen molar-refractivity contribution in [2.75, 3.05) is 0 Å². The molecule has 1 heterocycles. The van der Waals surface area contributed by atoms with Crippen molar-refractivity contribution in [1.82, 2.24) is 0 Å². The van der Waals surface area contributed by atoms with E-state index in [1.807, 2.05) is 6.92 Å². The number of hydroxylamine groups is 4. The third-order valence-electron chi connectivity index (χ3n) is 4.26. The fraction of sp³-hybridized carbons (Fsp3) is 0.769. The number of hydrogen-bond acceptors (Lipinski definition) is 3. The summed E-state index contributed by atoms with van der Waals surface area (Å²) in [6.07, 6.45) is 1.77. The van der Waals surface area contributed by atoms with E-state index < -0.39 is 21.8 Å². The molecule has 0 amide bonds. The Bertz CT molecular complexity index is 345. The van der Waals surface area contributed by atoms with Crippen molar-refractivity contribution in [2.24, 2.45) is 11.8 Å². The Labute approximate surface area is 103 Å². The number of carbonyl (C=O) groups is 1. The number of carbonyl (C=O) groups excluding carboxylic acids is 1. The largest absolute Gasteiger partial charge is 0.598 e.